The second kappa shape index (κ2) is 4.49. The van der Waals surface area contributed by atoms with Gasteiger partial charge in [0.15, 0.2) is 0 Å². The van der Waals surface area contributed by atoms with Gasteiger partial charge in [-0.25, -0.2) is 0 Å². The van der Waals surface area contributed by atoms with Crippen molar-refractivity contribution in [2.24, 2.45) is 4.99 Å². The number of rotatable bonds is 2. The van der Waals surface area contributed by atoms with Crippen molar-refractivity contribution in [3.63, 3.8) is 0 Å². The Balaban J connectivity index is 1.75. The summed E-state index contributed by atoms with van der Waals surface area (Å²) in [6.07, 6.45) is 1.16. The zero-order valence-electron chi connectivity index (χ0n) is 10.3. The highest BCUT2D eigenvalue weighted by molar-refractivity contribution is 5.85. The van der Waals surface area contributed by atoms with Gasteiger partial charge < -0.3 is 5.32 Å². The second-order valence-corrected chi connectivity index (χ2v) is 4.98. The van der Waals surface area contributed by atoms with Crippen molar-refractivity contribution in [3.8, 4) is 0 Å². The quantitative estimate of drug-likeness (QED) is 0.831. The van der Waals surface area contributed by atoms with E-state index in [1.807, 2.05) is 0 Å². The van der Waals surface area contributed by atoms with E-state index in [4.69, 9.17) is 0 Å². The van der Waals surface area contributed by atoms with Gasteiger partial charge in [0.25, 0.3) is 0 Å². The molecule has 1 unspecified atom stereocenters. The first-order chi connectivity index (χ1) is 8.33. The molecule has 0 bridgehead atoms. The number of benzene rings is 1. The van der Waals surface area contributed by atoms with E-state index >= 15 is 0 Å². The van der Waals surface area contributed by atoms with E-state index in [2.05, 4.69) is 46.4 Å². The Kier molecular flexibility index (Phi) is 2.85. The molecule has 0 saturated heterocycles. The zero-order chi connectivity index (χ0) is 11.7. The number of fused-ring (bicyclic) bond motifs is 1. The summed E-state index contributed by atoms with van der Waals surface area (Å²) in [4.78, 5) is 7.00. The number of aliphatic imine (C=N–C) groups is 1. The van der Waals surface area contributed by atoms with E-state index < -0.39 is 0 Å². The molecule has 0 radical (unpaired) electrons. The topological polar surface area (TPSA) is 27.6 Å². The number of nitrogens with zero attached hydrogens (tertiary/aromatic N) is 2. The molecule has 3 nitrogen and oxygen atoms in total. The van der Waals surface area contributed by atoms with E-state index in [0.29, 0.717) is 6.04 Å². The molecule has 3 rings (SSSR count). The summed E-state index contributed by atoms with van der Waals surface area (Å²) < 4.78 is 0. The van der Waals surface area contributed by atoms with Crippen LogP contribution in [-0.4, -0.2) is 36.4 Å². The first-order valence-electron chi connectivity index (χ1n) is 6.41. The Morgan fingerprint density at radius 2 is 2.18 bits per heavy atom. The predicted octanol–water partition coefficient (Wildman–Crippen LogP) is 1.43. The highest BCUT2D eigenvalue weighted by Crippen LogP contribution is 2.22. The van der Waals surface area contributed by atoms with Crippen LogP contribution in [0.2, 0.25) is 0 Å². The molecule has 0 amide bonds. The fourth-order valence-electron chi connectivity index (χ4n) is 2.69. The highest BCUT2D eigenvalue weighted by atomic mass is 15.2. The van der Waals surface area contributed by atoms with Crippen molar-refractivity contribution >= 4 is 5.84 Å². The first-order valence-corrected chi connectivity index (χ1v) is 6.41. The third kappa shape index (κ3) is 2.20. The molecule has 1 aromatic carbocycles. The van der Waals surface area contributed by atoms with E-state index in [9.17, 15) is 0 Å². The van der Waals surface area contributed by atoms with Gasteiger partial charge in [-0.05, 0) is 24.5 Å². The lowest BCUT2D eigenvalue weighted by Crippen LogP contribution is -2.43. The molecular formula is C14H19N3. The average molecular weight is 229 g/mol. The van der Waals surface area contributed by atoms with Crippen LogP contribution in [-0.2, 0) is 13.0 Å². The maximum absolute atomic E-state index is 4.48. The summed E-state index contributed by atoms with van der Waals surface area (Å²) >= 11 is 0. The minimum Gasteiger partial charge on any atom is -0.371 e. The first kappa shape index (κ1) is 10.8. The summed E-state index contributed by atoms with van der Waals surface area (Å²) in [6.45, 7) is 6.28. The number of hydrogen-bond acceptors (Lipinski definition) is 3. The van der Waals surface area contributed by atoms with E-state index in [0.717, 1.165) is 38.4 Å². The third-order valence-electron chi connectivity index (χ3n) is 3.73. The van der Waals surface area contributed by atoms with Gasteiger partial charge >= 0.3 is 0 Å². The molecule has 1 atom stereocenters. The van der Waals surface area contributed by atoms with Gasteiger partial charge in [0, 0.05) is 19.1 Å². The number of amidine groups is 1. The molecule has 2 heterocycles. The van der Waals surface area contributed by atoms with Crippen molar-refractivity contribution in [1.29, 1.82) is 0 Å². The van der Waals surface area contributed by atoms with Crippen LogP contribution in [0.15, 0.2) is 29.3 Å². The van der Waals surface area contributed by atoms with Crippen LogP contribution in [0, 0.1) is 0 Å². The minimum atomic E-state index is 0.606. The lowest BCUT2D eigenvalue weighted by molar-refractivity contribution is 0.211. The lowest BCUT2D eigenvalue weighted by Gasteiger charge is -2.34. The lowest BCUT2D eigenvalue weighted by atomic mass is 9.95. The minimum absolute atomic E-state index is 0.606. The van der Waals surface area contributed by atoms with Crippen molar-refractivity contribution in [2.75, 3.05) is 19.6 Å². The average Bonchev–Trinajstić information content (AvgIpc) is 2.83. The summed E-state index contributed by atoms with van der Waals surface area (Å²) in [7, 11) is 0. The molecular weight excluding hydrogens is 210 g/mol. The van der Waals surface area contributed by atoms with Gasteiger partial charge in [0.2, 0.25) is 0 Å². The van der Waals surface area contributed by atoms with Gasteiger partial charge in [0.05, 0.1) is 13.1 Å². The van der Waals surface area contributed by atoms with Crippen LogP contribution >= 0.6 is 0 Å². The number of nitrogens with one attached hydrogen (secondary N) is 1. The van der Waals surface area contributed by atoms with Crippen LogP contribution in [0.25, 0.3) is 0 Å². The van der Waals surface area contributed by atoms with Crippen LogP contribution in [0.3, 0.4) is 0 Å². The molecule has 0 saturated carbocycles. The van der Waals surface area contributed by atoms with Crippen LogP contribution < -0.4 is 5.32 Å². The van der Waals surface area contributed by atoms with Crippen molar-refractivity contribution < 1.29 is 0 Å². The van der Waals surface area contributed by atoms with Gasteiger partial charge in [-0.3, -0.25) is 9.89 Å². The highest BCUT2D eigenvalue weighted by Gasteiger charge is 2.23. The van der Waals surface area contributed by atoms with Crippen LogP contribution in [0.4, 0.5) is 0 Å². The number of hydrogen-bond donors (Lipinski definition) is 1. The Morgan fingerprint density at radius 3 is 2.94 bits per heavy atom. The standard InChI is InChI=1S/C14H19N3/c1-11-8-12-4-2-3-5-13(12)9-17(11)10-14-15-6-7-16-14/h2-5,11H,6-10H2,1H3,(H,15,16). The fraction of sp³-hybridized carbons (Fsp3) is 0.500. The molecule has 90 valence electrons. The summed E-state index contributed by atoms with van der Waals surface area (Å²) in [5, 5.41) is 3.36. The van der Waals surface area contributed by atoms with Crippen molar-refractivity contribution in [3.05, 3.63) is 35.4 Å². The Labute approximate surface area is 103 Å². The molecule has 2 aliphatic rings. The SMILES string of the molecule is CC1Cc2ccccc2CN1CC1=NCCN1. The maximum atomic E-state index is 4.48. The molecule has 0 aromatic heterocycles. The summed E-state index contributed by atoms with van der Waals surface area (Å²) in [5.74, 6) is 1.16. The molecule has 2 aliphatic heterocycles. The summed E-state index contributed by atoms with van der Waals surface area (Å²) in [5.41, 5.74) is 2.99. The van der Waals surface area contributed by atoms with Gasteiger partial charge in [-0.15, -0.1) is 0 Å². The Bertz CT molecular complexity index is 439. The summed E-state index contributed by atoms with van der Waals surface area (Å²) in [6, 6.07) is 9.39. The van der Waals surface area contributed by atoms with Gasteiger partial charge in [-0.2, -0.15) is 0 Å². The predicted molar refractivity (Wildman–Crippen MR) is 70.3 cm³/mol. The molecule has 1 aromatic rings. The van der Waals surface area contributed by atoms with Crippen molar-refractivity contribution in [1.82, 2.24) is 10.2 Å². The maximum Gasteiger partial charge on any atom is 0.111 e. The van der Waals surface area contributed by atoms with E-state index in [1.165, 1.54) is 11.1 Å². The molecule has 1 N–H and O–H groups in total. The smallest absolute Gasteiger partial charge is 0.111 e. The zero-order valence-corrected chi connectivity index (χ0v) is 10.3. The monoisotopic (exact) mass is 229 g/mol. The largest absolute Gasteiger partial charge is 0.371 e. The third-order valence-corrected chi connectivity index (χ3v) is 3.73. The van der Waals surface area contributed by atoms with Gasteiger partial charge in [-0.1, -0.05) is 24.3 Å². The molecule has 0 aliphatic carbocycles. The Hall–Kier alpha value is -1.35. The fourth-order valence-corrected chi connectivity index (χ4v) is 2.69. The van der Waals surface area contributed by atoms with Crippen molar-refractivity contribution in [2.45, 2.75) is 25.9 Å². The molecule has 0 fully saturated rings. The Morgan fingerprint density at radius 1 is 1.35 bits per heavy atom. The van der Waals surface area contributed by atoms with E-state index in [-0.39, 0.29) is 0 Å². The second-order valence-electron chi connectivity index (χ2n) is 4.98. The molecule has 17 heavy (non-hydrogen) atoms. The van der Waals surface area contributed by atoms with Crippen LogP contribution in [0.5, 0.6) is 0 Å². The van der Waals surface area contributed by atoms with Crippen LogP contribution in [0.1, 0.15) is 18.1 Å². The van der Waals surface area contributed by atoms with Gasteiger partial charge in [0.1, 0.15) is 5.84 Å². The molecule has 3 heteroatoms. The van der Waals surface area contributed by atoms with E-state index in [1.54, 1.807) is 0 Å². The normalized spacial score (nSPS) is 24.1. The molecule has 0 spiro atoms.